The van der Waals surface area contributed by atoms with Gasteiger partial charge in [0.1, 0.15) is 5.69 Å². The second-order valence-corrected chi connectivity index (χ2v) is 5.10. The molecule has 0 radical (unpaired) electrons. The fourth-order valence-corrected chi connectivity index (χ4v) is 2.66. The van der Waals surface area contributed by atoms with E-state index in [1.807, 2.05) is 20.8 Å². The Bertz CT molecular complexity index is 646. The molecule has 3 rings (SSSR count). The first kappa shape index (κ1) is 12.8. The smallest absolute Gasteiger partial charge is 0.389 e. The number of aryl methyl sites for hydroxylation is 1. The Morgan fingerprint density at radius 2 is 2.05 bits per heavy atom. The number of likely N-dealkylation sites (N-methyl/N-ethyl adjacent to an activating group) is 1. The molecular weight excluding hydrogens is 260 g/mol. The van der Waals surface area contributed by atoms with E-state index in [9.17, 15) is 9.59 Å². The average Bonchev–Trinajstić information content (AvgIpc) is 2.91. The zero-order chi connectivity index (χ0) is 14.6. The van der Waals surface area contributed by atoms with E-state index in [0.29, 0.717) is 18.4 Å². The van der Waals surface area contributed by atoms with Crippen LogP contribution in [0.4, 0.5) is 10.8 Å². The maximum absolute atomic E-state index is 12.6. The van der Waals surface area contributed by atoms with E-state index in [0.717, 1.165) is 17.9 Å². The van der Waals surface area contributed by atoms with Gasteiger partial charge in [-0.1, -0.05) is 6.92 Å². The molecule has 3 amide bonds. The van der Waals surface area contributed by atoms with Crippen molar-refractivity contribution in [1.29, 1.82) is 0 Å². The van der Waals surface area contributed by atoms with Gasteiger partial charge in [0, 0.05) is 25.5 Å². The van der Waals surface area contributed by atoms with Crippen LogP contribution < -0.4 is 4.57 Å². The van der Waals surface area contributed by atoms with E-state index in [1.165, 1.54) is 9.80 Å². The number of carbonyl (C=O) groups excluding carboxylic acids is 2. The third-order valence-electron chi connectivity index (χ3n) is 3.84. The van der Waals surface area contributed by atoms with Crippen molar-refractivity contribution in [3.8, 4) is 0 Å². The molecule has 1 atom stereocenters. The molecule has 20 heavy (non-hydrogen) atoms. The van der Waals surface area contributed by atoms with Gasteiger partial charge >= 0.3 is 12.0 Å². The zero-order valence-electron chi connectivity index (χ0n) is 12.0. The molecule has 2 aliphatic heterocycles. The van der Waals surface area contributed by atoms with Crippen molar-refractivity contribution < 1.29 is 18.6 Å². The van der Waals surface area contributed by atoms with Gasteiger partial charge in [0.15, 0.2) is 5.76 Å². The van der Waals surface area contributed by atoms with Crippen LogP contribution in [0.2, 0.25) is 0 Å². The SMILES string of the molecule is CCCN1C(=O)C2C(=Nc3oc(C)c(C)[n+]32)N(C)C1=O. The number of hydrogen-bond donors (Lipinski definition) is 0. The summed E-state index contributed by atoms with van der Waals surface area (Å²) in [6.45, 7) is 6.07. The zero-order valence-corrected chi connectivity index (χ0v) is 12.0. The molecule has 1 aromatic rings. The molecule has 1 saturated heterocycles. The highest BCUT2D eigenvalue weighted by Crippen LogP contribution is 2.30. The lowest BCUT2D eigenvalue weighted by atomic mass is 10.1. The minimum Gasteiger partial charge on any atom is -0.389 e. The topological polar surface area (TPSA) is 70.0 Å². The van der Waals surface area contributed by atoms with Gasteiger partial charge in [0.2, 0.25) is 0 Å². The minimum absolute atomic E-state index is 0.235. The fourth-order valence-electron chi connectivity index (χ4n) is 2.66. The molecule has 7 heteroatoms. The number of amidine groups is 1. The average molecular weight is 277 g/mol. The summed E-state index contributed by atoms with van der Waals surface area (Å²) in [7, 11) is 1.64. The Kier molecular flexibility index (Phi) is 2.67. The first-order valence-corrected chi connectivity index (χ1v) is 6.66. The highest BCUT2D eigenvalue weighted by atomic mass is 16.4. The van der Waals surface area contributed by atoms with Crippen molar-refractivity contribution in [3.05, 3.63) is 11.5 Å². The van der Waals surface area contributed by atoms with Crippen LogP contribution in [-0.4, -0.2) is 41.2 Å². The van der Waals surface area contributed by atoms with E-state index < -0.39 is 6.04 Å². The lowest BCUT2D eigenvalue weighted by Crippen LogP contribution is -2.63. The first-order valence-electron chi connectivity index (χ1n) is 6.66. The summed E-state index contributed by atoms with van der Waals surface area (Å²) in [6, 6.07) is -0.532. The van der Waals surface area contributed by atoms with Gasteiger partial charge in [-0.05, 0) is 13.3 Å². The van der Waals surface area contributed by atoms with Gasteiger partial charge in [-0.3, -0.25) is 14.6 Å². The Hall–Kier alpha value is -2.18. The van der Waals surface area contributed by atoms with Crippen molar-refractivity contribution in [1.82, 2.24) is 9.80 Å². The van der Waals surface area contributed by atoms with E-state index >= 15 is 0 Å². The monoisotopic (exact) mass is 277 g/mol. The highest BCUT2D eigenvalue weighted by Gasteiger charge is 2.55. The third-order valence-corrected chi connectivity index (χ3v) is 3.84. The van der Waals surface area contributed by atoms with E-state index in [1.54, 1.807) is 11.6 Å². The van der Waals surface area contributed by atoms with Crippen molar-refractivity contribution in [2.45, 2.75) is 33.2 Å². The van der Waals surface area contributed by atoms with Gasteiger partial charge in [-0.15, -0.1) is 0 Å². The predicted molar refractivity (Wildman–Crippen MR) is 69.7 cm³/mol. The third kappa shape index (κ3) is 1.46. The van der Waals surface area contributed by atoms with Gasteiger partial charge in [0.05, 0.1) is 0 Å². The first-order chi connectivity index (χ1) is 9.47. The summed E-state index contributed by atoms with van der Waals surface area (Å²) in [5.74, 6) is 0.938. The van der Waals surface area contributed by atoms with Crippen LogP contribution in [0.3, 0.4) is 0 Å². The molecule has 0 saturated carbocycles. The number of urea groups is 1. The van der Waals surface area contributed by atoms with Crippen LogP contribution in [0.5, 0.6) is 0 Å². The number of amides is 3. The number of rotatable bonds is 2. The molecule has 106 valence electrons. The number of oxazole rings is 1. The van der Waals surface area contributed by atoms with Crippen molar-refractivity contribution in [2.75, 3.05) is 13.6 Å². The highest BCUT2D eigenvalue weighted by molar-refractivity contribution is 6.18. The Balaban J connectivity index is 2.11. The molecule has 0 spiro atoms. The summed E-state index contributed by atoms with van der Waals surface area (Å²) in [5, 5.41) is 0. The number of carbonyl (C=O) groups is 2. The maximum Gasteiger partial charge on any atom is 0.507 e. The number of aliphatic imine (C=N–C) groups is 1. The van der Waals surface area contributed by atoms with Gasteiger partial charge in [-0.25, -0.2) is 4.79 Å². The number of imide groups is 1. The Morgan fingerprint density at radius 1 is 1.35 bits per heavy atom. The van der Waals surface area contributed by atoms with Crippen LogP contribution >= 0.6 is 0 Å². The summed E-state index contributed by atoms with van der Waals surface area (Å²) >= 11 is 0. The number of nitrogens with zero attached hydrogens (tertiary/aromatic N) is 4. The van der Waals surface area contributed by atoms with E-state index in [2.05, 4.69) is 4.99 Å². The van der Waals surface area contributed by atoms with Crippen molar-refractivity contribution in [3.63, 3.8) is 0 Å². The van der Waals surface area contributed by atoms with Crippen LogP contribution in [0.15, 0.2) is 9.41 Å². The molecule has 0 bridgehead atoms. The maximum atomic E-state index is 12.6. The van der Waals surface area contributed by atoms with Crippen LogP contribution in [0.25, 0.3) is 0 Å². The lowest BCUT2D eigenvalue weighted by Gasteiger charge is -2.31. The lowest BCUT2D eigenvalue weighted by molar-refractivity contribution is -0.685. The number of aromatic nitrogens is 1. The Morgan fingerprint density at radius 3 is 2.70 bits per heavy atom. The molecule has 0 aromatic carbocycles. The van der Waals surface area contributed by atoms with Gasteiger partial charge in [-0.2, -0.15) is 4.57 Å². The number of hydrogen-bond acceptors (Lipinski definition) is 4. The van der Waals surface area contributed by atoms with Gasteiger partial charge in [0.25, 0.3) is 17.8 Å². The minimum atomic E-state index is -0.586. The van der Waals surface area contributed by atoms with Crippen molar-refractivity contribution >= 4 is 23.8 Å². The predicted octanol–water partition coefficient (Wildman–Crippen LogP) is 1.07. The molecule has 2 aliphatic rings. The molecular formula is C13H17N4O3+. The molecule has 1 unspecified atom stereocenters. The standard InChI is InChI=1S/C13H17N4O3/c1-5-6-16-11(18)9-10(15(4)13(16)19)14-12-17(9)7(2)8(3)20-12/h9H,5-6H2,1-4H3/q+1. The van der Waals surface area contributed by atoms with Gasteiger partial charge < -0.3 is 4.42 Å². The summed E-state index contributed by atoms with van der Waals surface area (Å²) in [5.41, 5.74) is 0.858. The Labute approximate surface area is 116 Å². The van der Waals surface area contributed by atoms with Crippen LogP contribution in [-0.2, 0) is 4.79 Å². The quantitative estimate of drug-likeness (QED) is 0.759. The van der Waals surface area contributed by atoms with E-state index in [-0.39, 0.29) is 11.9 Å². The second kappa shape index (κ2) is 4.16. The molecule has 1 aromatic heterocycles. The molecule has 7 nitrogen and oxygen atoms in total. The molecule has 0 aliphatic carbocycles. The summed E-state index contributed by atoms with van der Waals surface area (Å²) in [4.78, 5) is 31.8. The largest absolute Gasteiger partial charge is 0.507 e. The summed E-state index contributed by atoms with van der Waals surface area (Å²) < 4.78 is 7.31. The number of fused-ring (bicyclic) bond motifs is 3. The van der Waals surface area contributed by atoms with Crippen molar-refractivity contribution in [2.24, 2.45) is 4.99 Å². The molecule has 3 heterocycles. The van der Waals surface area contributed by atoms with Crippen LogP contribution in [0, 0.1) is 13.8 Å². The second-order valence-electron chi connectivity index (χ2n) is 5.10. The fraction of sp³-hybridized carbons (Fsp3) is 0.538. The van der Waals surface area contributed by atoms with E-state index in [4.69, 9.17) is 4.42 Å². The molecule has 1 fully saturated rings. The molecule has 0 N–H and O–H groups in total. The summed E-state index contributed by atoms with van der Waals surface area (Å²) in [6.07, 6.45) is 0.728. The van der Waals surface area contributed by atoms with Crippen LogP contribution in [0.1, 0.15) is 30.8 Å². The normalized spacial score (nSPS) is 21.2.